The number of unbranched alkanes of at least 4 members (excludes halogenated alkanes) is 1. The normalized spacial score (nSPS) is 11.1. The molecule has 0 heterocycles. The zero-order valence-electron chi connectivity index (χ0n) is 19.4. The molecule has 4 N–H and O–H groups in total. The summed E-state index contributed by atoms with van der Waals surface area (Å²) < 4.78 is 0. The van der Waals surface area contributed by atoms with Gasteiger partial charge < -0.3 is 11.5 Å². The Labute approximate surface area is 192 Å². The highest BCUT2D eigenvalue weighted by Crippen LogP contribution is 2.31. The van der Waals surface area contributed by atoms with E-state index in [2.05, 4.69) is 80.6 Å². The lowest BCUT2D eigenvalue weighted by atomic mass is 9.90. The van der Waals surface area contributed by atoms with Crippen LogP contribution in [0.5, 0.6) is 0 Å². The molecule has 0 atom stereocenters. The fourth-order valence-corrected chi connectivity index (χ4v) is 4.24. The zero-order valence-corrected chi connectivity index (χ0v) is 19.4. The van der Waals surface area contributed by atoms with Gasteiger partial charge in [0.1, 0.15) is 0 Å². The first-order valence-corrected chi connectivity index (χ1v) is 11.8. The van der Waals surface area contributed by atoms with Crippen molar-refractivity contribution in [1.29, 1.82) is 0 Å². The van der Waals surface area contributed by atoms with Crippen LogP contribution in [0.15, 0.2) is 66.7 Å². The lowest BCUT2D eigenvalue weighted by molar-refractivity contribution is -0.117. The van der Waals surface area contributed by atoms with Crippen LogP contribution in [0.3, 0.4) is 0 Å². The molecule has 0 aliphatic rings. The van der Waals surface area contributed by atoms with Crippen LogP contribution in [0.2, 0.25) is 0 Å². The van der Waals surface area contributed by atoms with Gasteiger partial charge in [0.25, 0.3) is 0 Å². The van der Waals surface area contributed by atoms with Gasteiger partial charge in [-0.2, -0.15) is 0 Å². The summed E-state index contributed by atoms with van der Waals surface area (Å²) in [6.45, 7) is 5.22. The Morgan fingerprint density at radius 1 is 0.812 bits per heavy atom. The first-order chi connectivity index (χ1) is 15.5. The van der Waals surface area contributed by atoms with Crippen LogP contribution in [0.1, 0.15) is 49.8 Å². The predicted octanol–water partition coefficient (Wildman–Crippen LogP) is 5.92. The van der Waals surface area contributed by atoms with Crippen molar-refractivity contribution in [3.8, 4) is 22.3 Å². The molecule has 3 nitrogen and oxygen atoms in total. The SMILES string of the molecule is CC(C)Cc1cccc(-c2ccc(-c3cccc(CCCCN)c3)cc2CCC(N)=O)c1. The Bertz CT molecular complexity index is 1040. The number of carbonyl (C=O) groups excluding carboxylic acids is 1. The fourth-order valence-electron chi connectivity index (χ4n) is 4.24. The minimum absolute atomic E-state index is 0.267. The van der Waals surface area contributed by atoms with E-state index in [1.807, 2.05) is 0 Å². The van der Waals surface area contributed by atoms with Crippen molar-refractivity contribution in [2.75, 3.05) is 6.54 Å². The molecule has 3 aromatic carbocycles. The van der Waals surface area contributed by atoms with E-state index < -0.39 is 0 Å². The first-order valence-electron chi connectivity index (χ1n) is 11.8. The molecule has 0 spiro atoms. The molecule has 1 amide bonds. The molecular weight excluding hydrogens is 392 g/mol. The number of nitrogens with two attached hydrogens (primary N) is 2. The molecule has 3 rings (SSSR count). The second-order valence-electron chi connectivity index (χ2n) is 9.08. The molecule has 3 aromatic rings. The van der Waals surface area contributed by atoms with Gasteiger partial charge in [-0.25, -0.2) is 0 Å². The van der Waals surface area contributed by atoms with Crippen LogP contribution in [0, 0.1) is 5.92 Å². The van der Waals surface area contributed by atoms with Crippen LogP contribution in [0.4, 0.5) is 0 Å². The molecule has 32 heavy (non-hydrogen) atoms. The highest BCUT2D eigenvalue weighted by molar-refractivity contribution is 5.77. The number of benzene rings is 3. The van der Waals surface area contributed by atoms with Crippen LogP contribution < -0.4 is 11.5 Å². The molecule has 0 aliphatic carbocycles. The van der Waals surface area contributed by atoms with Gasteiger partial charge in [-0.1, -0.05) is 80.6 Å². The Hall–Kier alpha value is -2.91. The molecule has 0 radical (unpaired) electrons. The highest BCUT2D eigenvalue weighted by atomic mass is 16.1. The molecule has 0 unspecified atom stereocenters. The number of hydrogen-bond donors (Lipinski definition) is 2. The van der Waals surface area contributed by atoms with Gasteiger partial charge in [-0.05, 0) is 83.5 Å². The molecular formula is C29H36N2O. The van der Waals surface area contributed by atoms with Crippen molar-refractivity contribution in [3.63, 3.8) is 0 Å². The molecule has 0 fully saturated rings. The van der Waals surface area contributed by atoms with Gasteiger partial charge in [0, 0.05) is 6.42 Å². The topological polar surface area (TPSA) is 69.1 Å². The van der Waals surface area contributed by atoms with Crippen LogP contribution in [0.25, 0.3) is 22.3 Å². The third-order valence-corrected chi connectivity index (χ3v) is 5.81. The third-order valence-electron chi connectivity index (χ3n) is 5.81. The number of primary amides is 1. The van der Waals surface area contributed by atoms with Crippen LogP contribution in [-0.2, 0) is 24.1 Å². The van der Waals surface area contributed by atoms with Gasteiger partial charge in [-0.15, -0.1) is 0 Å². The van der Waals surface area contributed by atoms with Crippen molar-refractivity contribution in [2.24, 2.45) is 17.4 Å². The first kappa shape index (κ1) is 23.7. The minimum atomic E-state index is -0.267. The van der Waals surface area contributed by atoms with Gasteiger partial charge in [0.15, 0.2) is 0 Å². The number of amides is 1. The Kier molecular flexibility index (Phi) is 8.64. The Balaban J connectivity index is 1.95. The van der Waals surface area contributed by atoms with E-state index >= 15 is 0 Å². The van der Waals surface area contributed by atoms with Crippen molar-refractivity contribution in [2.45, 2.75) is 52.4 Å². The van der Waals surface area contributed by atoms with Gasteiger partial charge in [-0.3, -0.25) is 4.79 Å². The predicted molar refractivity (Wildman–Crippen MR) is 135 cm³/mol. The van der Waals surface area contributed by atoms with E-state index in [-0.39, 0.29) is 5.91 Å². The molecule has 0 saturated heterocycles. The average Bonchev–Trinajstić information content (AvgIpc) is 2.77. The second-order valence-corrected chi connectivity index (χ2v) is 9.08. The molecule has 3 heteroatoms. The molecule has 0 saturated carbocycles. The highest BCUT2D eigenvalue weighted by Gasteiger charge is 2.11. The summed E-state index contributed by atoms with van der Waals surface area (Å²) in [7, 11) is 0. The standard InChI is InChI=1S/C29H36N2O/c1-21(2)17-23-9-6-11-26(19-23)28-14-12-25(20-27(28)13-15-29(31)32)24-10-5-8-22(18-24)7-3-4-16-30/h5-6,8-12,14,18-21H,3-4,7,13,15-17,30H2,1-2H3,(H2,31,32). The number of rotatable bonds is 11. The summed E-state index contributed by atoms with van der Waals surface area (Å²) in [5, 5.41) is 0. The smallest absolute Gasteiger partial charge is 0.217 e. The van der Waals surface area contributed by atoms with Crippen molar-refractivity contribution < 1.29 is 4.79 Å². The van der Waals surface area contributed by atoms with E-state index in [0.717, 1.165) is 37.8 Å². The van der Waals surface area contributed by atoms with Crippen LogP contribution >= 0.6 is 0 Å². The van der Waals surface area contributed by atoms with Gasteiger partial charge >= 0.3 is 0 Å². The molecule has 168 valence electrons. The van der Waals surface area contributed by atoms with Crippen molar-refractivity contribution in [3.05, 3.63) is 83.4 Å². The number of hydrogen-bond acceptors (Lipinski definition) is 2. The summed E-state index contributed by atoms with van der Waals surface area (Å²) in [4.78, 5) is 11.5. The number of aryl methyl sites for hydroxylation is 2. The summed E-state index contributed by atoms with van der Waals surface area (Å²) in [6, 6.07) is 24.1. The zero-order chi connectivity index (χ0) is 22.9. The minimum Gasteiger partial charge on any atom is -0.370 e. The van der Waals surface area contributed by atoms with E-state index in [0.29, 0.717) is 18.8 Å². The number of carbonyl (C=O) groups is 1. The summed E-state index contributed by atoms with van der Waals surface area (Å²) in [5.74, 6) is 0.343. The second kappa shape index (κ2) is 11.6. The quantitative estimate of drug-likeness (QED) is 0.372. The van der Waals surface area contributed by atoms with Gasteiger partial charge in [0.05, 0.1) is 0 Å². The van der Waals surface area contributed by atoms with E-state index in [1.165, 1.54) is 33.4 Å². The van der Waals surface area contributed by atoms with Crippen LogP contribution in [-0.4, -0.2) is 12.5 Å². The maximum atomic E-state index is 11.5. The molecule has 0 aromatic heterocycles. The maximum absolute atomic E-state index is 11.5. The summed E-state index contributed by atoms with van der Waals surface area (Å²) in [6.07, 6.45) is 5.24. The Morgan fingerprint density at radius 3 is 2.22 bits per heavy atom. The summed E-state index contributed by atoms with van der Waals surface area (Å²) in [5.41, 5.74) is 19.7. The van der Waals surface area contributed by atoms with E-state index in [1.54, 1.807) is 0 Å². The third kappa shape index (κ3) is 6.80. The largest absolute Gasteiger partial charge is 0.370 e. The average molecular weight is 429 g/mol. The fraction of sp³-hybridized carbons (Fsp3) is 0.345. The lowest BCUT2D eigenvalue weighted by Gasteiger charge is -2.14. The Morgan fingerprint density at radius 2 is 1.50 bits per heavy atom. The lowest BCUT2D eigenvalue weighted by Crippen LogP contribution is -2.11. The molecule has 0 aliphatic heterocycles. The molecule has 0 bridgehead atoms. The monoisotopic (exact) mass is 428 g/mol. The van der Waals surface area contributed by atoms with Crippen molar-refractivity contribution in [1.82, 2.24) is 0 Å². The van der Waals surface area contributed by atoms with Crippen molar-refractivity contribution >= 4 is 5.91 Å². The van der Waals surface area contributed by atoms with E-state index in [4.69, 9.17) is 11.5 Å². The maximum Gasteiger partial charge on any atom is 0.217 e. The van der Waals surface area contributed by atoms with Gasteiger partial charge in [0.2, 0.25) is 5.91 Å². The summed E-state index contributed by atoms with van der Waals surface area (Å²) >= 11 is 0. The van der Waals surface area contributed by atoms with E-state index in [9.17, 15) is 4.79 Å².